The molecule has 1 aromatic carbocycles. The number of carbonyl (C=O) groups excluding carboxylic acids is 1. The maximum atomic E-state index is 12.2. The fraction of sp³-hybridized carbons (Fsp3) is 0.467. The van der Waals surface area contributed by atoms with Crippen LogP contribution in [0.5, 0.6) is 0 Å². The fourth-order valence-corrected chi connectivity index (χ4v) is 3.03. The van der Waals surface area contributed by atoms with E-state index in [4.69, 9.17) is 0 Å². The SMILES string of the molecule is O=C(C[C@@H]1C[C@H]1c1ccccc1)NC1(c2nn[nH]n2)CC1. The number of carbonyl (C=O) groups is 1. The van der Waals surface area contributed by atoms with E-state index in [0.29, 0.717) is 24.1 Å². The maximum Gasteiger partial charge on any atom is 0.221 e. The van der Waals surface area contributed by atoms with E-state index < -0.39 is 0 Å². The molecule has 0 bridgehead atoms. The number of nitrogens with one attached hydrogen (secondary N) is 2. The number of tetrazole rings is 1. The zero-order valence-corrected chi connectivity index (χ0v) is 11.6. The van der Waals surface area contributed by atoms with Crippen LogP contribution in [0.15, 0.2) is 30.3 Å². The third-order valence-corrected chi connectivity index (χ3v) is 4.50. The van der Waals surface area contributed by atoms with Gasteiger partial charge in [0.2, 0.25) is 5.91 Å². The molecular weight excluding hydrogens is 266 g/mol. The number of rotatable bonds is 5. The van der Waals surface area contributed by atoms with Crippen LogP contribution in [0.25, 0.3) is 0 Å². The lowest BCUT2D eigenvalue weighted by Gasteiger charge is -2.13. The third kappa shape index (κ3) is 2.41. The third-order valence-electron chi connectivity index (χ3n) is 4.50. The number of benzene rings is 1. The molecule has 2 saturated carbocycles. The highest BCUT2D eigenvalue weighted by Crippen LogP contribution is 2.50. The number of amides is 1. The van der Waals surface area contributed by atoms with Crippen LogP contribution in [-0.2, 0) is 10.3 Å². The Morgan fingerprint density at radius 2 is 2.14 bits per heavy atom. The van der Waals surface area contributed by atoms with Gasteiger partial charge in [-0.25, -0.2) is 0 Å². The van der Waals surface area contributed by atoms with Crippen molar-refractivity contribution in [3.63, 3.8) is 0 Å². The fourth-order valence-electron chi connectivity index (χ4n) is 3.03. The van der Waals surface area contributed by atoms with E-state index in [0.717, 1.165) is 19.3 Å². The monoisotopic (exact) mass is 283 g/mol. The van der Waals surface area contributed by atoms with Crippen molar-refractivity contribution in [2.45, 2.75) is 37.1 Å². The molecule has 108 valence electrons. The van der Waals surface area contributed by atoms with Crippen molar-refractivity contribution in [2.24, 2.45) is 5.92 Å². The number of hydrogen-bond donors (Lipinski definition) is 2. The van der Waals surface area contributed by atoms with Gasteiger partial charge in [-0.05, 0) is 36.7 Å². The van der Waals surface area contributed by atoms with Gasteiger partial charge in [0.25, 0.3) is 0 Å². The van der Waals surface area contributed by atoms with Gasteiger partial charge in [0.05, 0.1) is 0 Å². The number of nitrogens with zero attached hydrogens (tertiary/aromatic N) is 3. The highest BCUT2D eigenvalue weighted by Gasteiger charge is 2.50. The summed E-state index contributed by atoms with van der Waals surface area (Å²) in [6.07, 6.45) is 3.47. The van der Waals surface area contributed by atoms with Gasteiger partial charge in [-0.1, -0.05) is 35.5 Å². The Balaban J connectivity index is 1.34. The predicted octanol–water partition coefficient (Wildman–Crippen LogP) is 1.50. The molecule has 1 heterocycles. The summed E-state index contributed by atoms with van der Waals surface area (Å²) >= 11 is 0. The number of aromatic nitrogens is 4. The van der Waals surface area contributed by atoms with Gasteiger partial charge in [0, 0.05) is 6.42 Å². The summed E-state index contributed by atoms with van der Waals surface area (Å²) in [6.45, 7) is 0. The lowest BCUT2D eigenvalue weighted by molar-refractivity contribution is -0.122. The Morgan fingerprint density at radius 1 is 1.33 bits per heavy atom. The van der Waals surface area contributed by atoms with Crippen molar-refractivity contribution in [1.29, 1.82) is 0 Å². The van der Waals surface area contributed by atoms with Crippen molar-refractivity contribution in [3.05, 3.63) is 41.7 Å². The van der Waals surface area contributed by atoms with Gasteiger partial charge in [-0.15, -0.1) is 10.2 Å². The van der Waals surface area contributed by atoms with Crippen LogP contribution >= 0.6 is 0 Å². The minimum absolute atomic E-state index is 0.0979. The maximum absolute atomic E-state index is 12.2. The highest BCUT2D eigenvalue weighted by atomic mass is 16.1. The van der Waals surface area contributed by atoms with Crippen LogP contribution in [0.1, 0.15) is 43.0 Å². The molecule has 4 rings (SSSR count). The Morgan fingerprint density at radius 3 is 2.81 bits per heavy atom. The molecule has 0 radical (unpaired) electrons. The second-order valence-corrected chi connectivity index (χ2v) is 6.08. The number of hydrogen-bond acceptors (Lipinski definition) is 4. The van der Waals surface area contributed by atoms with Crippen LogP contribution in [0.3, 0.4) is 0 Å². The first-order valence-corrected chi connectivity index (χ1v) is 7.37. The molecule has 0 spiro atoms. The quantitative estimate of drug-likeness (QED) is 0.871. The number of H-pyrrole nitrogens is 1. The Labute approximate surface area is 122 Å². The minimum atomic E-state index is -0.360. The van der Waals surface area contributed by atoms with Crippen LogP contribution < -0.4 is 5.32 Å². The van der Waals surface area contributed by atoms with Gasteiger partial charge in [-0.2, -0.15) is 5.21 Å². The van der Waals surface area contributed by atoms with E-state index in [1.54, 1.807) is 0 Å². The average Bonchev–Trinajstić information content (AvgIpc) is 3.38. The van der Waals surface area contributed by atoms with Gasteiger partial charge in [-0.3, -0.25) is 4.79 Å². The molecule has 2 N–H and O–H groups in total. The van der Waals surface area contributed by atoms with E-state index in [2.05, 4.69) is 50.2 Å². The molecule has 2 fully saturated rings. The molecule has 6 nitrogen and oxygen atoms in total. The summed E-state index contributed by atoms with van der Waals surface area (Å²) in [5.41, 5.74) is 0.982. The molecule has 1 aromatic heterocycles. The largest absolute Gasteiger partial charge is 0.343 e. The molecule has 2 aliphatic rings. The van der Waals surface area contributed by atoms with Crippen LogP contribution in [-0.4, -0.2) is 26.5 Å². The summed E-state index contributed by atoms with van der Waals surface area (Å²) in [6, 6.07) is 10.4. The molecule has 0 unspecified atom stereocenters. The molecule has 2 aromatic rings. The summed E-state index contributed by atoms with van der Waals surface area (Å²) in [5.74, 6) is 1.71. The molecule has 0 aliphatic heterocycles. The first kappa shape index (κ1) is 12.5. The lowest BCUT2D eigenvalue weighted by atomic mass is 10.1. The van der Waals surface area contributed by atoms with E-state index in [1.165, 1.54) is 5.56 Å². The van der Waals surface area contributed by atoms with E-state index >= 15 is 0 Å². The van der Waals surface area contributed by atoms with E-state index in [-0.39, 0.29) is 11.4 Å². The average molecular weight is 283 g/mol. The second-order valence-electron chi connectivity index (χ2n) is 6.08. The summed E-state index contributed by atoms with van der Waals surface area (Å²) < 4.78 is 0. The van der Waals surface area contributed by atoms with E-state index in [1.807, 2.05) is 6.07 Å². The highest BCUT2D eigenvalue weighted by molar-refractivity contribution is 5.78. The first-order valence-electron chi connectivity index (χ1n) is 7.37. The van der Waals surface area contributed by atoms with Gasteiger partial charge < -0.3 is 5.32 Å². The molecule has 1 amide bonds. The van der Waals surface area contributed by atoms with Crippen molar-refractivity contribution in [1.82, 2.24) is 25.9 Å². The zero-order chi connectivity index (χ0) is 14.3. The first-order chi connectivity index (χ1) is 10.3. The van der Waals surface area contributed by atoms with Crippen molar-refractivity contribution in [2.75, 3.05) is 0 Å². The van der Waals surface area contributed by atoms with Crippen molar-refractivity contribution >= 4 is 5.91 Å². The summed E-state index contributed by atoms with van der Waals surface area (Å²) in [5, 5.41) is 17.1. The Hall–Kier alpha value is -2.24. The van der Waals surface area contributed by atoms with Crippen LogP contribution in [0.2, 0.25) is 0 Å². The normalized spacial score (nSPS) is 25.3. The van der Waals surface area contributed by atoms with Crippen molar-refractivity contribution in [3.8, 4) is 0 Å². The predicted molar refractivity (Wildman–Crippen MR) is 75.1 cm³/mol. The molecule has 21 heavy (non-hydrogen) atoms. The molecule has 0 saturated heterocycles. The molecule has 6 heteroatoms. The smallest absolute Gasteiger partial charge is 0.221 e. The molecule has 2 aliphatic carbocycles. The van der Waals surface area contributed by atoms with Crippen molar-refractivity contribution < 1.29 is 4.79 Å². The van der Waals surface area contributed by atoms with Crippen LogP contribution in [0.4, 0.5) is 0 Å². The molecule has 2 atom stereocenters. The van der Waals surface area contributed by atoms with E-state index in [9.17, 15) is 4.79 Å². The zero-order valence-electron chi connectivity index (χ0n) is 11.6. The lowest BCUT2D eigenvalue weighted by Crippen LogP contribution is -2.36. The van der Waals surface area contributed by atoms with Gasteiger partial charge >= 0.3 is 0 Å². The van der Waals surface area contributed by atoms with Gasteiger partial charge in [0.1, 0.15) is 5.54 Å². The second kappa shape index (κ2) is 4.65. The Kier molecular flexibility index (Phi) is 2.77. The standard InChI is InChI=1S/C15H17N5O/c21-13(16-15(6-7-15)14-17-19-20-18-14)9-11-8-12(11)10-4-2-1-3-5-10/h1-5,11-12H,6-9H2,(H,16,21)(H,17,18,19,20)/t11-,12-/m0/s1. The molecular formula is C15H17N5O. The summed E-state index contributed by atoms with van der Waals surface area (Å²) in [4.78, 5) is 12.2. The minimum Gasteiger partial charge on any atom is -0.343 e. The van der Waals surface area contributed by atoms with Gasteiger partial charge in [0.15, 0.2) is 5.82 Å². The number of aromatic amines is 1. The van der Waals surface area contributed by atoms with Crippen LogP contribution in [0, 0.1) is 5.92 Å². The Bertz CT molecular complexity index is 635. The topological polar surface area (TPSA) is 83.6 Å². The summed E-state index contributed by atoms with van der Waals surface area (Å²) in [7, 11) is 0.